The summed E-state index contributed by atoms with van der Waals surface area (Å²) in [4.78, 5) is 10.9. The van der Waals surface area contributed by atoms with Gasteiger partial charge < -0.3 is 9.84 Å². The van der Waals surface area contributed by atoms with E-state index < -0.39 is 5.97 Å². The van der Waals surface area contributed by atoms with Crippen LogP contribution in [0.15, 0.2) is 22.7 Å². The molecule has 0 radical (unpaired) electrons. The molecule has 0 atom stereocenters. The number of rotatable bonds is 5. The fraction of sp³-hybridized carbons (Fsp3) is 0.462. The van der Waals surface area contributed by atoms with E-state index in [-0.39, 0.29) is 5.56 Å². The van der Waals surface area contributed by atoms with Crippen molar-refractivity contribution >= 4 is 21.9 Å². The molecule has 92 valence electrons. The molecule has 1 saturated carbocycles. The highest BCUT2D eigenvalue weighted by atomic mass is 79.9. The Kier molecular flexibility index (Phi) is 4.05. The first-order valence-corrected chi connectivity index (χ1v) is 6.61. The van der Waals surface area contributed by atoms with Crippen molar-refractivity contribution in [1.82, 2.24) is 0 Å². The van der Waals surface area contributed by atoms with E-state index in [9.17, 15) is 4.79 Å². The van der Waals surface area contributed by atoms with Crippen LogP contribution in [0.4, 0.5) is 0 Å². The van der Waals surface area contributed by atoms with Gasteiger partial charge in [-0.3, -0.25) is 0 Å². The van der Waals surface area contributed by atoms with Crippen LogP contribution in [0.3, 0.4) is 0 Å². The van der Waals surface area contributed by atoms with Gasteiger partial charge in [-0.05, 0) is 30.5 Å². The average Bonchev–Trinajstić information content (AvgIpc) is 2.21. The van der Waals surface area contributed by atoms with Crippen LogP contribution >= 0.6 is 15.9 Å². The molecule has 0 saturated heterocycles. The molecule has 1 aliphatic rings. The molecule has 1 fully saturated rings. The Morgan fingerprint density at radius 2 is 2.18 bits per heavy atom. The minimum atomic E-state index is -0.935. The summed E-state index contributed by atoms with van der Waals surface area (Å²) < 4.78 is 6.32. The van der Waals surface area contributed by atoms with Crippen molar-refractivity contribution in [2.45, 2.75) is 25.7 Å². The molecule has 2 rings (SSSR count). The van der Waals surface area contributed by atoms with E-state index in [4.69, 9.17) is 9.84 Å². The summed E-state index contributed by atoms with van der Waals surface area (Å²) in [7, 11) is 0. The number of carboxylic acid groups (broad SMARTS) is 1. The van der Waals surface area contributed by atoms with Crippen LogP contribution in [0.25, 0.3) is 0 Å². The zero-order chi connectivity index (χ0) is 12.3. The number of carboxylic acids is 1. The first-order chi connectivity index (χ1) is 8.15. The summed E-state index contributed by atoms with van der Waals surface area (Å²) in [6, 6.07) is 4.93. The summed E-state index contributed by atoms with van der Waals surface area (Å²) >= 11 is 3.28. The van der Waals surface area contributed by atoms with Crippen LogP contribution in [0.2, 0.25) is 0 Å². The number of ether oxygens (including phenoxy) is 1. The van der Waals surface area contributed by atoms with E-state index in [1.807, 2.05) is 0 Å². The molecule has 4 heteroatoms. The van der Waals surface area contributed by atoms with Gasteiger partial charge in [0.2, 0.25) is 0 Å². The van der Waals surface area contributed by atoms with Crippen LogP contribution in [-0.2, 0) is 0 Å². The Hall–Kier alpha value is -1.03. The molecule has 0 aliphatic heterocycles. The van der Waals surface area contributed by atoms with Crippen molar-refractivity contribution in [3.05, 3.63) is 28.2 Å². The van der Waals surface area contributed by atoms with E-state index in [2.05, 4.69) is 15.9 Å². The highest BCUT2D eigenvalue weighted by Crippen LogP contribution is 2.29. The minimum Gasteiger partial charge on any atom is -0.494 e. The molecule has 0 heterocycles. The molecule has 1 aromatic rings. The molecule has 1 aromatic carbocycles. The molecule has 3 nitrogen and oxygen atoms in total. The van der Waals surface area contributed by atoms with Gasteiger partial charge in [-0.15, -0.1) is 0 Å². The molecular formula is C13H15BrO3. The highest BCUT2D eigenvalue weighted by molar-refractivity contribution is 9.10. The van der Waals surface area contributed by atoms with Crippen LogP contribution < -0.4 is 4.74 Å². The fourth-order valence-electron chi connectivity index (χ4n) is 1.89. The largest absolute Gasteiger partial charge is 0.494 e. The lowest BCUT2D eigenvalue weighted by Gasteiger charge is -2.25. The molecule has 17 heavy (non-hydrogen) atoms. The third-order valence-electron chi connectivity index (χ3n) is 3.14. The van der Waals surface area contributed by atoms with Crippen molar-refractivity contribution < 1.29 is 14.6 Å². The number of benzene rings is 1. The summed E-state index contributed by atoms with van der Waals surface area (Å²) in [5.74, 6) is 0.493. The maximum atomic E-state index is 10.9. The third kappa shape index (κ3) is 3.46. The topological polar surface area (TPSA) is 46.5 Å². The van der Waals surface area contributed by atoms with E-state index in [1.54, 1.807) is 18.2 Å². The van der Waals surface area contributed by atoms with Crippen LogP contribution in [0.1, 0.15) is 36.0 Å². The van der Waals surface area contributed by atoms with Gasteiger partial charge in [0.05, 0.1) is 12.2 Å². The zero-order valence-corrected chi connectivity index (χ0v) is 11.1. The minimum absolute atomic E-state index is 0.248. The molecule has 0 aromatic heterocycles. The van der Waals surface area contributed by atoms with Gasteiger partial charge in [0.25, 0.3) is 0 Å². The van der Waals surface area contributed by atoms with Crippen molar-refractivity contribution in [2.75, 3.05) is 6.61 Å². The highest BCUT2D eigenvalue weighted by Gasteiger charge is 2.17. The van der Waals surface area contributed by atoms with Crippen molar-refractivity contribution in [1.29, 1.82) is 0 Å². The monoisotopic (exact) mass is 298 g/mol. The van der Waals surface area contributed by atoms with Gasteiger partial charge in [0.15, 0.2) is 0 Å². The molecular weight excluding hydrogens is 284 g/mol. The fourth-order valence-corrected chi connectivity index (χ4v) is 2.37. The second-order valence-corrected chi connectivity index (χ2v) is 5.33. The van der Waals surface area contributed by atoms with E-state index in [1.165, 1.54) is 19.3 Å². The quantitative estimate of drug-likeness (QED) is 0.901. The van der Waals surface area contributed by atoms with Gasteiger partial charge in [-0.1, -0.05) is 35.2 Å². The Labute approximate surface area is 109 Å². The lowest BCUT2D eigenvalue weighted by atomic mass is 9.83. The van der Waals surface area contributed by atoms with Gasteiger partial charge in [-0.25, -0.2) is 4.79 Å². The molecule has 1 N–H and O–H groups in total. The number of hydrogen-bond donors (Lipinski definition) is 1. The third-order valence-corrected chi connectivity index (χ3v) is 3.60. The van der Waals surface area contributed by atoms with Gasteiger partial charge >= 0.3 is 5.97 Å². The van der Waals surface area contributed by atoms with Gasteiger partial charge in [-0.2, -0.15) is 0 Å². The van der Waals surface area contributed by atoms with Crippen LogP contribution in [-0.4, -0.2) is 17.7 Å². The molecule has 0 amide bonds. The average molecular weight is 299 g/mol. The predicted molar refractivity (Wildman–Crippen MR) is 68.6 cm³/mol. The maximum Gasteiger partial charge on any atom is 0.335 e. The first-order valence-electron chi connectivity index (χ1n) is 5.82. The lowest BCUT2D eigenvalue weighted by molar-refractivity contribution is 0.0696. The van der Waals surface area contributed by atoms with Crippen molar-refractivity contribution in [2.24, 2.45) is 5.92 Å². The number of hydrogen-bond acceptors (Lipinski definition) is 2. The number of aromatic carboxylic acids is 1. The summed E-state index contributed by atoms with van der Waals surface area (Å²) in [5.41, 5.74) is 0.248. The zero-order valence-electron chi connectivity index (χ0n) is 9.49. The Morgan fingerprint density at radius 3 is 2.76 bits per heavy atom. The number of carbonyl (C=O) groups is 1. The summed E-state index contributed by atoms with van der Waals surface area (Å²) in [6.07, 6.45) is 5.02. The second-order valence-electron chi connectivity index (χ2n) is 4.41. The molecule has 0 bridgehead atoms. The molecule has 0 spiro atoms. The predicted octanol–water partition coefficient (Wildman–Crippen LogP) is 3.72. The second kappa shape index (κ2) is 5.54. The van der Waals surface area contributed by atoms with Gasteiger partial charge in [0, 0.05) is 4.47 Å². The van der Waals surface area contributed by atoms with Crippen LogP contribution in [0.5, 0.6) is 5.75 Å². The Morgan fingerprint density at radius 1 is 1.41 bits per heavy atom. The maximum absolute atomic E-state index is 10.9. The molecule has 0 unspecified atom stereocenters. The van der Waals surface area contributed by atoms with Crippen molar-refractivity contribution in [3.8, 4) is 5.75 Å². The normalized spacial score (nSPS) is 15.4. The molecule has 1 aliphatic carbocycles. The Balaban J connectivity index is 1.92. The van der Waals surface area contributed by atoms with Gasteiger partial charge in [0.1, 0.15) is 5.75 Å². The Bertz CT molecular complexity index is 413. The van der Waals surface area contributed by atoms with E-state index in [0.717, 1.165) is 16.8 Å². The van der Waals surface area contributed by atoms with Crippen LogP contribution in [0, 0.1) is 5.92 Å². The summed E-state index contributed by atoms with van der Waals surface area (Å²) in [6.45, 7) is 0.667. The smallest absolute Gasteiger partial charge is 0.335 e. The van der Waals surface area contributed by atoms with E-state index in [0.29, 0.717) is 12.4 Å². The van der Waals surface area contributed by atoms with Crippen molar-refractivity contribution in [3.63, 3.8) is 0 Å². The standard InChI is InChI=1S/C13H15BrO3/c14-11-6-10(13(15)16)7-12(8-11)17-5-4-9-2-1-3-9/h6-9H,1-5H2,(H,15,16). The first kappa shape index (κ1) is 12.4. The number of halogens is 1. The summed E-state index contributed by atoms with van der Waals surface area (Å²) in [5, 5.41) is 8.92. The lowest BCUT2D eigenvalue weighted by Crippen LogP contribution is -2.14. The SMILES string of the molecule is O=C(O)c1cc(Br)cc(OCCC2CCC2)c1. The van der Waals surface area contributed by atoms with E-state index >= 15 is 0 Å².